The molecule has 4 rings (SSSR count). The number of thiazole rings is 1. The number of hydrogen-bond donors (Lipinski definition) is 1. The second kappa shape index (κ2) is 7.89. The van der Waals surface area contributed by atoms with Gasteiger partial charge >= 0.3 is 0 Å². The number of anilines is 1. The van der Waals surface area contributed by atoms with E-state index in [0.717, 1.165) is 25.8 Å². The van der Waals surface area contributed by atoms with E-state index < -0.39 is 0 Å². The Labute approximate surface area is 164 Å². The minimum Gasteiger partial charge on any atom is -0.339 e. The molecule has 0 aliphatic rings. The maximum atomic E-state index is 12.4. The van der Waals surface area contributed by atoms with Crippen LogP contribution in [0.3, 0.4) is 0 Å². The molecule has 0 aliphatic carbocycles. The third kappa shape index (κ3) is 4.35. The molecular weight excluding hydrogens is 380 g/mol. The predicted octanol–water partition coefficient (Wildman–Crippen LogP) is 4.31. The fraction of sp³-hybridized carbons (Fsp3) is 0.158. The SMILES string of the molecule is Cc1noc(Cc2ccccc2NC(=O)CSc2nc3ccccc3s2)n1. The first-order chi connectivity index (χ1) is 13.2. The van der Waals surface area contributed by atoms with Crippen LogP contribution in [0.1, 0.15) is 17.3 Å². The summed E-state index contributed by atoms with van der Waals surface area (Å²) < 4.78 is 7.19. The average molecular weight is 396 g/mol. The fourth-order valence-corrected chi connectivity index (χ4v) is 4.47. The highest BCUT2D eigenvalue weighted by molar-refractivity contribution is 8.01. The molecule has 0 atom stereocenters. The smallest absolute Gasteiger partial charge is 0.234 e. The number of rotatable bonds is 6. The van der Waals surface area contributed by atoms with E-state index >= 15 is 0 Å². The van der Waals surface area contributed by atoms with E-state index in [4.69, 9.17) is 4.52 Å². The Morgan fingerprint density at radius 3 is 2.78 bits per heavy atom. The summed E-state index contributed by atoms with van der Waals surface area (Å²) in [5.41, 5.74) is 2.65. The molecule has 2 aromatic heterocycles. The van der Waals surface area contributed by atoms with Crippen LogP contribution in [-0.4, -0.2) is 26.8 Å². The highest BCUT2D eigenvalue weighted by Gasteiger charge is 2.12. The van der Waals surface area contributed by atoms with E-state index in [0.29, 0.717) is 23.9 Å². The number of aromatic nitrogens is 3. The van der Waals surface area contributed by atoms with Gasteiger partial charge in [-0.05, 0) is 30.7 Å². The number of benzene rings is 2. The van der Waals surface area contributed by atoms with Gasteiger partial charge in [-0.25, -0.2) is 4.98 Å². The second-order valence-corrected chi connectivity index (χ2v) is 8.11. The lowest BCUT2D eigenvalue weighted by Gasteiger charge is -2.09. The molecule has 0 saturated carbocycles. The highest BCUT2D eigenvalue weighted by Crippen LogP contribution is 2.29. The molecule has 4 aromatic rings. The van der Waals surface area contributed by atoms with Crippen LogP contribution in [0.5, 0.6) is 0 Å². The molecule has 136 valence electrons. The zero-order valence-electron chi connectivity index (χ0n) is 14.5. The quantitative estimate of drug-likeness (QED) is 0.489. The average Bonchev–Trinajstić information content (AvgIpc) is 3.27. The molecule has 0 unspecified atom stereocenters. The first-order valence-corrected chi connectivity index (χ1v) is 10.1. The Bertz CT molecular complexity index is 1060. The first kappa shape index (κ1) is 17.7. The zero-order valence-corrected chi connectivity index (χ0v) is 16.1. The number of nitrogens with one attached hydrogen (secondary N) is 1. The summed E-state index contributed by atoms with van der Waals surface area (Å²) in [6.07, 6.45) is 0.475. The van der Waals surface area contributed by atoms with Gasteiger partial charge in [-0.2, -0.15) is 4.98 Å². The van der Waals surface area contributed by atoms with Gasteiger partial charge in [0.2, 0.25) is 11.8 Å². The number of fused-ring (bicyclic) bond motifs is 1. The Hall–Kier alpha value is -2.71. The molecule has 2 heterocycles. The molecular formula is C19H16N4O2S2. The molecule has 27 heavy (non-hydrogen) atoms. The van der Waals surface area contributed by atoms with Crippen LogP contribution in [0.25, 0.3) is 10.2 Å². The number of carbonyl (C=O) groups is 1. The number of nitrogens with zero attached hydrogens (tertiary/aromatic N) is 3. The molecule has 0 aliphatic heterocycles. The van der Waals surface area contributed by atoms with Crippen molar-refractivity contribution in [1.29, 1.82) is 0 Å². The summed E-state index contributed by atoms with van der Waals surface area (Å²) in [6.45, 7) is 1.78. The summed E-state index contributed by atoms with van der Waals surface area (Å²) in [5.74, 6) is 1.35. The molecule has 1 amide bonds. The lowest BCUT2D eigenvalue weighted by Crippen LogP contribution is -2.15. The highest BCUT2D eigenvalue weighted by atomic mass is 32.2. The van der Waals surface area contributed by atoms with Gasteiger partial charge in [0.15, 0.2) is 10.2 Å². The fourth-order valence-electron chi connectivity index (χ4n) is 2.60. The largest absolute Gasteiger partial charge is 0.339 e. The van der Waals surface area contributed by atoms with Crippen molar-refractivity contribution in [2.24, 2.45) is 0 Å². The van der Waals surface area contributed by atoms with Crippen LogP contribution in [0, 0.1) is 6.92 Å². The van der Waals surface area contributed by atoms with Crippen molar-refractivity contribution in [3.8, 4) is 0 Å². The molecule has 0 fully saturated rings. The molecule has 0 saturated heterocycles. The van der Waals surface area contributed by atoms with E-state index in [1.165, 1.54) is 11.8 Å². The van der Waals surface area contributed by atoms with Gasteiger partial charge in [-0.3, -0.25) is 4.79 Å². The molecule has 0 bridgehead atoms. The topological polar surface area (TPSA) is 80.9 Å². The van der Waals surface area contributed by atoms with E-state index in [2.05, 4.69) is 20.4 Å². The maximum absolute atomic E-state index is 12.4. The monoisotopic (exact) mass is 396 g/mol. The van der Waals surface area contributed by atoms with Crippen molar-refractivity contribution in [3.63, 3.8) is 0 Å². The van der Waals surface area contributed by atoms with Gasteiger partial charge in [0, 0.05) is 5.69 Å². The van der Waals surface area contributed by atoms with E-state index in [1.807, 2.05) is 48.5 Å². The van der Waals surface area contributed by atoms with Crippen molar-refractivity contribution in [2.75, 3.05) is 11.1 Å². The summed E-state index contributed by atoms with van der Waals surface area (Å²) in [6, 6.07) is 15.6. The molecule has 6 nitrogen and oxygen atoms in total. The molecule has 2 aromatic carbocycles. The maximum Gasteiger partial charge on any atom is 0.234 e. The van der Waals surface area contributed by atoms with Crippen LogP contribution in [-0.2, 0) is 11.2 Å². The second-order valence-electron chi connectivity index (χ2n) is 5.85. The summed E-state index contributed by atoms with van der Waals surface area (Å²) in [5, 5.41) is 6.77. The first-order valence-electron chi connectivity index (χ1n) is 8.33. The van der Waals surface area contributed by atoms with Crippen molar-refractivity contribution < 1.29 is 9.32 Å². The lowest BCUT2D eigenvalue weighted by molar-refractivity contribution is -0.113. The Morgan fingerprint density at radius 2 is 1.96 bits per heavy atom. The molecule has 0 spiro atoms. The van der Waals surface area contributed by atoms with Crippen molar-refractivity contribution in [3.05, 3.63) is 65.8 Å². The third-order valence-corrected chi connectivity index (χ3v) is 5.98. The van der Waals surface area contributed by atoms with Crippen molar-refractivity contribution in [2.45, 2.75) is 17.7 Å². The summed E-state index contributed by atoms with van der Waals surface area (Å²) in [4.78, 5) is 21.2. The van der Waals surface area contributed by atoms with Crippen molar-refractivity contribution in [1.82, 2.24) is 15.1 Å². The number of hydrogen-bond acceptors (Lipinski definition) is 7. The Morgan fingerprint density at radius 1 is 1.15 bits per heavy atom. The summed E-state index contributed by atoms with van der Waals surface area (Å²) >= 11 is 3.04. The van der Waals surface area contributed by atoms with Gasteiger partial charge < -0.3 is 9.84 Å². The van der Waals surface area contributed by atoms with Gasteiger partial charge in [-0.15, -0.1) is 11.3 Å². The third-order valence-electron chi connectivity index (χ3n) is 3.80. The Kier molecular flexibility index (Phi) is 5.17. The van der Waals surface area contributed by atoms with Gasteiger partial charge in [-0.1, -0.05) is 47.3 Å². The molecule has 0 radical (unpaired) electrons. The minimum absolute atomic E-state index is 0.0755. The predicted molar refractivity (Wildman–Crippen MR) is 107 cm³/mol. The van der Waals surface area contributed by atoms with Crippen LogP contribution in [0.4, 0.5) is 5.69 Å². The molecule has 8 heteroatoms. The minimum atomic E-state index is -0.0755. The summed E-state index contributed by atoms with van der Waals surface area (Å²) in [7, 11) is 0. The van der Waals surface area contributed by atoms with E-state index in [1.54, 1.807) is 18.3 Å². The van der Waals surface area contributed by atoms with E-state index in [9.17, 15) is 4.79 Å². The number of thioether (sulfide) groups is 1. The van der Waals surface area contributed by atoms with Crippen LogP contribution in [0.2, 0.25) is 0 Å². The number of para-hydroxylation sites is 2. The lowest BCUT2D eigenvalue weighted by atomic mass is 10.1. The van der Waals surface area contributed by atoms with Gasteiger partial charge in [0.05, 0.1) is 22.4 Å². The normalized spacial score (nSPS) is 11.0. The van der Waals surface area contributed by atoms with Crippen LogP contribution >= 0.6 is 23.1 Å². The van der Waals surface area contributed by atoms with Gasteiger partial charge in [0.1, 0.15) is 0 Å². The number of amides is 1. The number of carbonyl (C=O) groups excluding carboxylic acids is 1. The van der Waals surface area contributed by atoms with Crippen LogP contribution < -0.4 is 5.32 Å². The van der Waals surface area contributed by atoms with Crippen LogP contribution in [0.15, 0.2) is 57.4 Å². The standard InChI is InChI=1S/C19H16N4O2S2/c1-12-20-18(25-23-12)10-13-6-2-3-7-14(13)21-17(24)11-26-19-22-15-8-4-5-9-16(15)27-19/h2-9H,10-11H2,1H3,(H,21,24). The van der Waals surface area contributed by atoms with Gasteiger partial charge in [0.25, 0.3) is 0 Å². The molecule has 1 N–H and O–H groups in total. The zero-order chi connectivity index (χ0) is 18.6. The number of aryl methyl sites for hydroxylation is 1. The van der Waals surface area contributed by atoms with Crippen molar-refractivity contribution >= 4 is 44.9 Å². The van der Waals surface area contributed by atoms with E-state index in [-0.39, 0.29) is 5.91 Å². The Balaban J connectivity index is 1.40.